The van der Waals surface area contributed by atoms with E-state index < -0.39 is 0 Å². The van der Waals surface area contributed by atoms with Gasteiger partial charge in [-0.1, -0.05) is 24.3 Å². The summed E-state index contributed by atoms with van der Waals surface area (Å²) in [6.07, 6.45) is 4.05. The molecule has 0 radical (unpaired) electrons. The molecule has 0 spiro atoms. The average molecular weight is 339 g/mol. The number of carbonyl (C=O) groups is 1. The maximum Gasteiger partial charge on any atom is 0.238 e. The average Bonchev–Trinajstić information content (AvgIpc) is 2.68. The lowest BCUT2D eigenvalue weighted by Crippen LogP contribution is -2.43. The highest BCUT2D eigenvalue weighted by Gasteiger charge is 2.11. The molecule has 1 saturated heterocycles. The first-order valence-corrected chi connectivity index (χ1v) is 8.72. The summed E-state index contributed by atoms with van der Waals surface area (Å²) in [5.74, 6) is 4.94. The lowest BCUT2D eigenvalue weighted by molar-refractivity contribution is -0.120. The van der Waals surface area contributed by atoms with Gasteiger partial charge in [0.1, 0.15) is 0 Å². The van der Waals surface area contributed by atoms with Crippen LogP contribution in [-0.4, -0.2) is 37.1 Å². The van der Waals surface area contributed by atoms with Crippen LogP contribution in [0.15, 0.2) is 42.6 Å². The van der Waals surface area contributed by atoms with Crippen molar-refractivity contribution in [3.05, 3.63) is 59.4 Å². The van der Waals surface area contributed by atoms with Gasteiger partial charge < -0.3 is 10.2 Å². The van der Waals surface area contributed by atoms with Crippen LogP contribution in [0.1, 0.15) is 16.8 Å². The summed E-state index contributed by atoms with van der Waals surface area (Å²) in [6.45, 7) is 4.15. The highest BCUT2D eigenvalue weighted by Crippen LogP contribution is 2.16. The molecular weight excluding hydrogens is 314 g/mol. The molecule has 132 valence electrons. The first-order valence-electron chi connectivity index (χ1n) is 8.72. The monoisotopic (exact) mass is 339 g/mol. The van der Waals surface area contributed by atoms with Crippen molar-refractivity contribution in [1.82, 2.24) is 15.7 Å². The van der Waals surface area contributed by atoms with E-state index in [-0.39, 0.29) is 5.91 Å². The Bertz CT molecular complexity index is 695. The molecule has 0 bridgehead atoms. The van der Waals surface area contributed by atoms with Crippen LogP contribution in [0.25, 0.3) is 0 Å². The van der Waals surface area contributed by atoms with E-state index in [0.717, 1.165) is 50.3 Å². The molecule has 6 nitrogen and oxygen atoms in total. The van der Waals surface area contributed by atoms with Crippen molar-refractivity contribution in [1.29, 1.82) is 0 Å². The lowest BCUT2D eigenvalue weighted by atomic mass is 10.0. The van der Waals surface area contributed by atoms with Gasteiger partial charge in [-0.2, -0.15) is 0 Å². The third-order valence-electron chi connectivity index (χ3n) is 4.50. The molecule has 0 aliphatic carbocycles. The highest BCUT2D eigenvalue weighted by molar-refractivity contribution is 5.77. The van der Waals surface area contributed by atoms with Crippen LogP contribution in [0.2, 0.25) is 0 Å². The molecular formula is C19H25N5O. The SMILES string of the molecule is NNC(=O)Cc1ccc(CCc2cc(N3CCNCC3)ccn2)cc1. The van der Waals surface area contributed by atoms with E-state index in [1.54, 1.807) is 0 Å². The smallest absolute Gasteiger partial charge is 0.238 e. The summed E-state index contributed by atoms with van der Waals surface area (Å²) >= 11 is 0. The molecule has 4 N–H and O–H groups in total. The van der Waals surface area contributed by atoms with Gasteiger partial charge in [0.25, 0.3) is 0 Å². The largest absolute Gasteiger partial charge is 0.369 e. The second kappa shape index (κ2) is 8.60. The molecule has 1 aliphatic heterocycles. The fraction of sp³-hybridized carbons (Fsp3) is 0.368. The van der Waals surface area contributed by atoms with E-state index in [1.807, 2.05) is 18.3 Å². The van der Waals surface area contributed by atoms with Crippen molar-refractivity contribution in [2.45, 2.75) is 19.3 Å². The van der Waals surface area contributed by atoms with Gasteiger partial charge in [0.05, 0.1) is 6.42 Å². The van der Waals surface area contributed by atoms with Gasteiger partial charge >= 0.3 is 0 Å². The Morgan fingerprint density at radius 1 is 1.12 bits per heavy atom. The number of hydrazine groups is 1. The number of nitrogens with two attached hydrogens (primary N) is 1. The number of carbonyl (C=O) groups excluding carboxylic acids is 1. The number of amides is 1. The topological polar surface area (TPSA) is 83.3 Å². The molecule has 25 heavy (non-hydrogen) atoms. The molecule has 2 aromatic rings. The summed E-state index contributed by atoms with van der Waals surface area (Å²) in [5, 5.41) is 3.38. The van der Waals surface area contributed by atoms with Crippen LogP contribution in [0.3, 0.4) is 0 Å². The minimum Gasteiger partial charge on any atom is -0.369 e. The second-order valence-electron chi connectivity index (χ2n) is 6.30. The molecule has 0 atom stereocenters. The molecule has 3 rings (SSSR count). The van der Waals surface area contributed by atoms with Crippen LogP contribution < -0.4 is 21.5 Å². The van der Waals surface area contributed by atoms with Gasteiger partial charge in [-0.05, 0) is 36.1 Å². The number of rotatable bonds is 6. The van der Waals surface area contributed by atoms with E-state index in [0.29, 0.717) is 6.42 Å². The van der Waals surface area contributed by atoms with Crippen molar-refractivity contribution in [3.63, 3.8) is 0 Å². The first-order chi connectivity index (χ1) is 12.2. The van der Waals surface area contributed by atoms with Crippen LogP contribution in [0, 0.1) is 0 Å². The van der Waals surface area contributed by atoms with Crippen LogP contribution in [0.5, 0.6) is 0 Å². The molecule has 2 heterocycles. The number of pyridine rings is 1. The quantitative estimate of drug-likeness (QED) is 0.412. The Labute approximate surface area is 148 Å². The van der Waals surface area contributed by atoms with Gasteiger partial charge in [-0.25, -0.2) is 5.84 Å². The van der Waals surface area contributed by atoms with Crippen molar-refractivity contribution >= 4 is 11.6 Å². The van der Waals surface area contributed by atoms with Crippen molar-refractivity contribution in [2.75, 3.05) is 31.1 Å². The molecule has 1 aromatic heterocycles. The number of aromatic nitrogens is 1. The van der Waals surface area contributed by atoms with Crippen LogP contribution >= 0.6 is 0 Å². The fourth-order valence-corrected chi connectivity index (χ4v) is 3.05. The molecule has 1 aliphatic rings. The van der Waals surface area contributed by atoms with Gasteiger partial charge in [0, 0.05) is 43.8 Å². The molecule has 6 heteroatoms. The summed E-state index contributed by atoms with van der Waals surface area (Å²) in [6, 6.07) is 12.4. The normalized spacial score (nSPS) is 14.4. The zero-order valence-corrected chi connectivity index (χ0v) is 14.4. The predicted octanol–water partition coefficient (Wildman–Crippen LogP) is 0.809. The maximum atomic E-state index is 11.3. The second-order valence-corrected chi connectivity index (χ2v) is 6.30. The molecule has 0 unspecified atom stereocenters. The van der Waals surface area contributed by atoms with E-state index >= 15 is 0 Å². The number of anilines is 1. The zero-order chi connectivity index (χ0) is 17.5. The third-order valence-corrected chi connectivity index (χ3v) is 4.50. The van der Waals surface area contributed by atoms with E-state index in [2.05, 4.69) is 44.9 Å². The Kier molecular flexibility index (Phi) is 5.98. The maximum absolute atomic E-state index is 11.3. The highest BCUT2D eigenvalue weighted by atomic mass is 16.2. The minimum absolute atomic E-state index is 0.179. The van der Waals surface area contributed by atoms with E-state index in [9.17, 15) is 4.79 Å². The van der Waals surface area contributed by atoms with Gasteiger partial charge in [0.2, 0.25) is 5.91 Å². The minimum atomic E-state index is -0.179. The van der Waals surface area contributed by atoms with Crippen molar-refractivity contribution in [3.8, 4) is 0 Å². The van der Waals surface area contributed by atoms with E-state index in [4.69, 9.17) is 5.84 Å². The summed E-state index contributed by atoms with van der Waals surface area (Å²) in [7, 11) is 0. The number of piperazine rings is 1. The predicted molar refractivity (Wildman–Crippen MR) is 99.2 cm³/mol. The number of hydrogen-bond donors (Lipinski definition) is 3. The lowest BCUT2D eigenvalue weighted by Gasteiger charge is -2.29. The molecule has 0 saturated carbocycles. The number of aryl methyl sites for hydroxylation is 2. The summed E-state index contributed by atoms with van der Waals surface area (Å²) in [5.41, 5.74) is 6.73. The Hall–Kier alpha value is -2.44. The number of nitrogens with zero attached hydrogens (tertiary/aromatic N) is 2. The fourth-order valence-electron chi connectivity index (χ4n) is 3.05. The summed E-state index contributed by atoms with van der Waals surface area (Å²) < 4.78 is 0. The molecule has 1 amide bonds. The van der Waals surface area contributed by atoms with Crippen LogP contribution in [-0.2, 0) is 24.1 Å². The van der Waals surface area contributed by atoms with Gasteiger partial charge in [-0.3, -0.25) is 15.2 Å². The third kappa shape index (κ3) is 5.01. The van der Waals surface area contributed by atoms with Crippen molar-refractivity contribution < 1.29 is 4.79 Å². The van der Waals surface area contributed by atoms with Crippen molar-refractivity contribution in [2.24, 2.45) is 5.84 Å². The molecule has 1 fully saturated rings. The summed E-state index contributed by atoms with van der Waals surface area (Å²) in [4.78, 5) is 18.2. The van der Waals surface area contributed by atoms with E-state index in [1.165, 1.54) is 11.3 Å². The Balaban J connectivity index is 1.57. The number of benzene rings is 1. The number of nitrogens with one attached hydrogen (secondary N) is 2. The van der Waals surface area contributed by atoms with Gasteiger partial charge in [0.15, 0.2) is 0 Å². The van der Waals surface area contributed by atoms with Crippen LogP contribution in [0.4, 0.5) is 5.69 Å². The standard InChI is InChI=1S/C19H25N5O/c20-23-19(25)13-16-3-1-15(2-4-16)5-6-17-14-18(7-8-22-17)24-11-9-21-10-12-24/h1-4,7-8,14,21H,5-6,9-13,20H2,(H,23,25). The first kappa shape index (κ1) is 17.4. The Morgan fingerprint density at radius 3 is 2.56 bits per heavy atom. The zero-order valence-electron chi connectivity index (χ0n) is 14.4. The van der Waals surface area contributed by atoms with Gasteiger partial charge in [-0.15, -0.1) is 0 Å². The molecule has 1 aromatic carbocycles. The number of hydrogen-bond acceptors (Lipinski definition) is 5. The Morgan fingerprint density at radius 2 is 1.84 bits per heavy atom.